The minimum absolute atomic E-state index is 0.177. The quantitative estimate of drug-likeness (QED) is 0.419. The summed E-state index contributed by atoms with van der Waals surface area (Å²) in [6.07, 6.45) is 1.23. The molecule has 180 valence electrons. The Morgan fingerprint density at radius 1 is 0.971 bits per heavy atom. The molecule has 0 radical (unpaired) electrons. The molecule has 1 amide bonds. The zero-order valence-electron chi connectivity index (χ0n) is 20.1. The van der Waals surface area contributed by atoms with Crippen LogP contribution in [-0.4, -0.2) is 33.7 Å². The van der Waals surface area contributed by atoms with Crippen molar-refractivity contribution < 1.29 is 17.9 Å². The summed E-state index contributed by atoms with van der Waals surface area (Å²) in [5, 5.41) is 2.84. The summed E-state index contributed by atoms with van der Waals surface area (Å²) in [7, 11) is -3.52. The van der Waals surface area contributed by atoms with Crippen LogP contribution in [0.2, 0.25) is 0 Å². The summed E-state index contributed by atoms with van der Waals surface area (Å²) in [6.45, 7) is 6.97. The van der Waals surface area contributed by atoms with Gasteiger partial charge in [0.1, 0.15) is 12.4 Å². The Bertz CT molecular complexity index is 1210. The Morgan fingerprint density at radius 2 is 1.65 bits per heavy atom. The molecule has 0 saturated carbocycles. The molecular formula is C27H32N2O4S. The first-order valence-electron chi connectivity index (χ1n) is 11.3. The van der Waals surface area contributed by atoms with Crippen LogP contribution in [0, 0.1) is 6.92 Å². The lowest BCUT2D eigenvalue weighted by atomic mass is 9.98. The molecule has 6 nitrogen and oxygen atoms in total. The molecule has 0 unspecified atom stereocenters. The van der Waals surface area contributed by atoms with Crippen molar-refractivity contribution >= 4 is 21.6 Å². The molecule has 0 heterocycles. The summed E-state index contributed by atoms with van der Waals surface area (Å²) >= 11 is 0. The molecule has 3 aromatic carbocycles. The highest BCUT2D eigenvalue weighted by molar-refractivity contribution is 7.92. The molecule has 3 rings (SSSR count). The second-order valence-corrected chi connectivity index (χ2v) is 10.5. The first kappa shape index (κ1) is 25.3. The van der Waals surface area contributed by atoms with E-state index in [2.05, 4.69) is 19.2 Å². The smallest absolute Gasteiger partial charge is 0.251 e. The van der Waals surface area contributed by atoms with E-state index in [1.54, 1.807) is 24.3 Å². The third-order valence-electron chi connectivity index (χ3n) is 5.48. The van der Waals surface area contributed by atoms with E-state index < -0.39 is 10.0 Å². The first-order chi connectivity index (χ1) is 16.2. The van der Waals surface area contributed by atoms with Gasteiger partial charge in [-0.05, 0) is 53.8 Å². The molecule has 3 aromatic rings. The van der Waals surface area contributed by atoms with Crippen molar-refractivity contribution in [2.24, 2.45) is 0 Å². The van der Waals surface area contributed by atoms with E-state index >= 15 is 0 Å². The van der Waals surface area contributed by atoms with Crippen molar-refractivity contribution in [2.45, 2.75) is 33.2 Å². The van der Waals surface area contributed by atoms with Crippen LogP contribution in [0.4, 0.5) is 5.69 Å². The highest BCUT2D eigenvalue weighted by atomic mass is 32.2. The molecular weight excluding hydrogens is 448 g/mol. The summed E-state index contributed by atoms with van der Waals surface area (Å²) in [5.41, 5.74) is 3.92. The van der Waals surface area contributed by atoms with Crippen LogP contribution in [0.15, 0.2) is 72.8 Å². The summed E-state index contributed by atoms with van der Waals surface area (Å²) in [6, 6.07) is 22.3. The summed E-state index contributed by atoms with van der Waals surface area (Å²) in [5.74, 6) is 0.728. The maximum Gasteiger partial charge on any atom is 0.251 e. The van der Waals surface area contributed by atoms with Gasteiger partial charge in [0.15, 0.2) is 0 Å². The lowest BCUT2D eigenvalue weighted by Gasteiger charge is -2.28. The minimum Gasteiger partial charge on any atom is -0.492 e. The molecule has 0 spiro atoms. The fourth-order valence-corrected chi connectivity index (χ4v) is 4.69. The standard InChI is InChI=1S/C27H32N2O4S/c1-20(2)25-12-8-9-21(3)26(25)29(34(4,31)32)19-22-13-15-23(16-14-22)27(30)28-17-18-33-24-10-6-5-7-11-24/h5-16,20H,17-19H2,1-4H3,(H,28,30). The molecule has 34 heavy (non-hydrogen) atoms. The number of hydrogen-bond donors (Lipinski definition) is 1. The number of para-hydroxylation sites is 2. The van der Waals surface area contributed by atoms with Gasteiger partial charge in [-0.2, -0.15) is 0 Å². The molecule has 0 aromatic heterocycles. The molecule has 7 heteroatoms. The van der Waals surface area contributed by atoms with E-state index in [4.69, 9.17) is 4.74 Å². The molecule has 0 atom stereocenters. The lowest BCUT2D eigenvalue weighted by molar-refractivity contribution is 0.0947. The number of hydrogen-bond acceptors (Lipinski definition) is 4. The third kappa shape index (κ3) is 6.60. The average Bonchev–Trinajstić information content (AvgIpc) is 2.80. The van der Waals surface area contributed by atoms with Crippen LogP contribution in [0.25, 0.3) is 0 Å². The number of sulfonamides is 1. The Labute approximate surface area is 202 Å². The van der Waals surface area contributed by atoms with E-state index in [0.717, 1.165) is 28.1 Å². The fraction of sp³-hybridized carbons (Fsp3) is 0.296. The van der Waals surface area contributed by atoms with Gasteiger partial charge in [-0.25, -0.2) is 8.42 Å². The second kappa shape index (κ2) is 11.2. The second-order valence-electron chi connectivity index (χ2n) is 8.55. The maximum absolute atomic E-state index is 12.7. The Morgan fingerprint density at radius 3 is 2.26 bits per heavy atom. The monoisotopic (exact) mass is 480 g/mol. The van der Waals surface area contributed by atoms with Crippen LogP contribution in [0.3, 0.4) is 0 Å². The van der Waals surface area contributed by atoms with E-state index in [0.29, 0.717) is 18.7 Å². The van der Waals surface area contributed by atoms with E-state index in [-0.39, 0.29) is 18.4 Å². The van der Waals surface area contributed by atoms with Crippen molar-refractivity contribution in [1.82, 2.24) is 5.32 Å². The van der Waals surface area contributed by atoms with Crippen LogP contribution >= 0.6 is 0 Å². The number of nitrogens with one attached hydrogen (secondary N) is 1. The van der Waals surface area contributed by atoms with Gasteiger partial charge in [0.2, 0.25) is 10.0 Å². The van der Waals surface area contributed by atoms with E-state index in [1.807, 2.05) is 55.5 Å². The Hall–Kier alpha value is -3.32. The van der Waals surface area contributed by atoms with Crippen molar-refractivity contribution in [1.29, 1.82) is 0 Å². The zero-order valence-corrected chi connectivity index (χ0v) is 20.9. The van der Waals surface area contributed by atoms with Crippen molar-refractivity contribution in [3.8, 4) is 5.75 Å². The summed E-state index contributed by atoms with van der Waals surface area (Å²) in [4.78, 5) is 12.5. The number of anilines is 1. The van der Waals surface area contributed by atoms with E-state index in [1.165, 1.54) is 10.6 Å². The first-order valence-corrected chi connectivity index (χ1v) is 13.1. The SMILES string of the molecule is Cc1cccc(C(C)C)c1N(Cc1ccc(C(=O)NCCOc2ccccc2)cc1)S(C)(=O)=O. The van der Waals surface area contributed by atoms with Gasteiger partial charge in [0.25, 0.3) is 5.91 Å². The topological polar surface area (TPSA) is 75.7 Å². The Kier molecular flexibility index (Phi) is 8.34. The summed E-state index contributed by atoms with van der Waals surface area (Å²) < 4.78 is 32.5. The number of carbonyl (C=O) groups excluding carboxylic acids is 1. The van der Waals surface area contributed by atoms with Crippen LogP contribution in [0.5, 0.6) is 5.75 Å². The zero-order chi connectivity index (χ0) is 24.7. The van der Waals surface area contributed by atoms with Crippen LogP contribution in [0.1, 0.15) is 46.8 Å². The molecule has 0 aliphatic carbocycles. The highest BCUT2D eigenvalue weighted by Crippen LogP contribution is 2.33. The molecule has 0 fully saturated rings. The number of carbonyl (C=O) groups is 1. The largest absolute Gasteiger partial charge is 0.492 e. The van der Waals surface area contributed by atoms with Gasteiger partial charge >= 0.3 is 0 Å². The number of nitrogens with zero attached hydrogens (tertiary/aromatic N) is 1. The molecule has 0 bridgehead atoms. The molecule has 1 N–H and O–H groups in total. The lowest BCUT2D eigenvalue weighted by Crippen LogP contribution is -2.31. The normalized spacial score (nSPS) is 11.3. The van der Waals surface area contributed by atoms with Gasteiger partial charge in [0, 0.05) is 5.56 Å². The fourth-order valence-electron chi connectivity index (χ4n) is 3.73. The van der Waals surface area contributed by atoms with Gasteiger partial charge in [0.05, 0.1) is 25.0 Å². The van der Waals surface area contributed by atoms with Gasteiger partial charge in [-0.1, -0.05) is 62.4 Å². The van der Waals surface area contributed by atoms with Crippen molar-refractivity contribution in [3.63, 3.8) is 0 Å². The van der Waals surface area contributed by atoms with Crippen molar-refractivity contribution in [2.75, 3.05) is 23.7 Å². The Balaban J connectivity index is 1.68. The third-order valence-corrected chi connectivity index (χ3v) is 6.59. The van der Waals surface area contributed by atoms with Crippen LogP contribution in [-0.2, 0) is 16.6 Å². The van der Waals surface area contributed by atoms with Crippen LogP contribution < -0.4 is 14.4 Å². The number of benzene rings is 3. The van der Waals surface area contributed by atoms with E-state index in [9.17, 15) is 13.2 Å². The minimum atomic E-state index is -3.52. The number of ether oxygens (including phenoxy) is 1. The number of aryl methyl sites for hydroxylation is 1. The number of amides is 1. The van der Waals surface area contributed by atoms with Gasteiger partial charge in [-0.3, -0.25) is 9.10 Å². The highest BCUT2D eigenvalue weighted by Gasteiger charge is 2.23. The predicted octanol–water partition coefficient (Wildman–Crippen LogP) is 4.89. The molecule has 0 aliphatic rings. The van der Waals surface area contributed by atoms with Crippen molar-refractivity contribution in [3.05, 3.63) is 95.1 Å². The van der Waals surface area contributed by atoms with Gasteiger partial charge < -0.3 is 10.1 Å². The number of rotatable bonds is 10. The molecule has 0 saturated heterocycles. The maximum atomic E-state index is 12.7. The predicted molar refractivity (Wildman–Crippen MR) is 137 cm³/mol. The molecule has 0 aliphatic heterocycles. The van der Waals surface area contributed by atoms with Gasteiger partial charge in [-0.15, -0.1) is 0 Å². The average molecular weight is 481 g/mol.